The summed E-state index contributed by atoms with van der Waals surface area (Å²) in [5, 5.41) is 0. The van der Waals surface area contributed by atoms with E-state index < -0.39 is 11.6 Å². The van der Waals surface area contributed by atoms with E-state index in [9.17, 15) is 13.6 Å². The average Bonchev–Trinajstić information content (AvgIpc) is 2.85. The van der Waals surface area contributed by atoms with Crippen molar-refractivity contribution < 1.29 is 13.6 Å². The minimum atomic E-state index is -0.869. The molecule has 1 amide bonds. The van der Waals surface area contributed by atoms with Crippen molar-refractivity contribution in [1.82, 2.24) is 9.88 Å². The van der Waals surface area contributed by atoms with Crippen LogP contribution in [0, 0.1) is 18.6 Å². The maximum Gasteiger partial charge on any atom is 0.223 e. The first-order valence-corrected chi connectivity index (χ1v) is 7.17. The van der Waals surface area contributed by atoms with Gasteiger partial charge < -0.3 is 4.90 Å². The van der Waals surface area contributed by atoms with Gasteiger partial charge in [0.15, 0.2) is 11.6 Å². The normalized spacial score (nSPS) is 18.0. The molecule has 2 heterocycles. The monoisotopic (exact) mass is 302 g/mol. The molecule has 1 atom stereocenters. The molecule has 1 aliphatic heterocycles. The van der Waals surface area contributed by atoms with Crippen molar-refractivity contribution in [2.24, 2.45) is 0 Å². The molecule has 0 spiro atoms. The van der Waals surface area contributed by atoms with Gasteiger partial charge in [-0.3, -0.25) is 9.78 Å². The summed E-state index contributed by atoms with van der Waals surface area (Å²) in [5.41, 5.74) is 2.75. The Morgan fingerprint density at radius 3 is 2.82 bits per heavy atom. The van der Waals surface area contributed by atoms with Crippen LogP contribution in [0.25, 0.3) is 0 Å². The maximum atomic E-state index is 13.3. The number of nitrogens with zero attached hydrogens (tertiary/aromatic N) is 2. The van der Waals surface area contributed by atoms with E-state index in [2.05, 4.69) is 4.98 Å². The van der Waals surface area contributed by atoms with Crippen LogP contribution in [0.1, 0.15) is 29.0 Å². The lowest BCUT2D eigenvalue weighted by Gasteiger charge is -2.18. The number of pyridine rings is 1. The number of carbonyl (C=O) groups is 1. The number of hydrogen-bond donors (Lipinski definition) is 0. The van der Waals surface area contributed by atoms with Gasteiger partial charge >= 0.3 is 0 Å². The molecule has 22 heavy (non-hydrogen) atoms. The molecule has 1 aromatic heterocycles. The summed E-state index contributed by atoms with van der Waals surface area (Å²) in [6.07, 6.45) is 3.80. The summed E-state index contributed by atoms with van der Waals surface area (Å²) < 4.78 is 26.4. The summed E-state index contributed by atoms with van der Waals surface area (Å²) in [7, 11) is 0. The molecular formula is C17H16F2N2O. The molecule has 114 valence electrons. The van der Waals surface area contributed by atoms with Crippen LogP contribution in [-0.4, -0.2) is 22.3 Å². The first-order valence-electron chi connectivity index (χ1n) is 7.17. The van der Waals surface area contributed by atoms with Gasteiger partial charge in [0, 0.05) is 37.8 Å². The molecule has 0 bridgehead atoms. The van der Waals surface area contributed by atoms with Crippen LogP contribution in [0.15, 0.2) is 36.7 Å². The van der Waals surface area contributed by atoms with E-state index >= 15 is 0 Å². The lowest BCUT2D eigenvalue weighted by Crippen LogP contribution is -2.24. The fraction of sp³-hybridized carbons (Fsp3) is 0.294. The molecule has 3 rings (SSSR count). The van der Waals surface area contributed by atoms with Gasteiger partial charge in [-0.15, -0.1) is 0 Å². The Labute approximate surface area is 127 Å². The maximum absolute atomic E-state index is 13.3. The molecule has 3 nitrogen and oxygen atoms in total. The molecular weight excluding hydrogens is 286 g/mol. The van der Waals surface area contributed by atoms with Gasteiger partial charge in [-0.05, 0) is 41.8 Å². The highest BCUT2D eigenvalue weighted by Gasteiger charge is 2.31. The Balaban J connectivity index is 1.75. The summed E-state index contributed by atoms with van der Waals surface area (Å²) in [5.74, 6) is -1.81. The van der Waals surface area contributed by atoms with Crippen molar-refractivity contribution in [3.05, 3.63) is 65.0 Å². The number of aryl methyl sites for hydroxylation is 1. The molecule has 1 aliphatic rings. The third kappa shape index (κ3) is 2.84. The fourth-order valence-electron chi connectivity index (χ4n) is 2.78. The molecule has 0 radical (unpaired) electrons. The van der Waals surface area contributed by atoms with Gasteiger partial charge in [-0.25, -0.2) is 8.78 Å². The second-order valence-electron chi connectivity index (χ2n) is 5.65. The van der Waals surface area contributed by atoms with Crippen molar-refractivity contribution >= 4 is 5.91 Å². The van der Waals surface area contributed by atoms with E-state index in [-0.39, 0.29) is 11.8 Å². The number of hydrogen-bond acceptors (Lipinski definition) is 2. The fourth-order valence-corrected chi connectivity index (χ4v) is 2.78. The van der Waals surface area contributed by atoms with Crippen molar-refractivity contribution in [3.63, 3.8) is 0 Å². The predicted molar refractivity (Wildman–Crippen MR) is 78.1 cm³/mol. The minimum Gasteiger partial charge on any atom is -0.338 e. The molecule has 0 aliphatic carbocycles. The summed E-state index contributed by atoms with van der Waals surface area (Å²) >= 11 is 0. The summed E-state index contributed by atoms with van der Waals surface area (Å²) in [6, 6.07) is 5.76. The molecule has 2 aromatic rings. The standard InChI is InChI=1S/C17H16F2N2O/c1-11-4-5-20-8-14(11)10-21-9-13(7-17(21)22)12-2-3-15(18)16(19)6-12/h2-6,8,13H,7,9-10H2,1H3. The lowest BCUT2D eigenvalue weighted by atomic mass is 9.98. The van der Waals surface area contributed by atoms with Crippen LogP contribution in [0.4, 0.5) is 8.78 Å². The smallest absolute Gasteiger partial charge is 0.223 e. The van der Waals surface area contributed by atoms with Crippen LogP contribution in [0.5, 0.6) is 0 Å². The van der Waals surface area contributed by atoms with E-state index in [1.165, 1.54) is 6.07 Å². The van der Waals surface area contributed by atoms with Crippen molar-refractivity contribution in [2.45, 2.75) is 25.8 Å². The number of rotatable bonds is 3. The molecule has 1 unspecified atom stereocenters. The highest BCUT2D eigenvalue weighted by Crippen LogP contribution is 2.30. The topological polar surface area (TPSA) is 33.2 Å². The van der Waals surface area contributed by atoms with Gasteiger partial charge in [-0.1, -0.05) is 6.07 Å². The van der Waals surface area contributed by atoms with Crippen LogP contribution in [0.2, 0.25) is 0 Å². The van der Waals surface area contributed by atoms with E-state index in [1.54, 1.807) is 23.4 Å². The number of aromatic nitrogens is 1. The first kappa shape index (κ1) is 14.6. The molecule has 0 N–H and O–H groups in total. The number of likely N-dealkylation sites (tertiary alicyclic amines) is 1. The number of amides is 1. The van der Waals surface area contributed by atoms with Crippen molar-refractivity contribution in [2.75, 3.05) is 6.54 Å². The molecule has 0 saturated carbocycles. The molecule has 1 fully saturated rings. The van der Waals surface area contributed by atoms with E-state index in [1.807, 2.05) is 13.0 Å². The average molecular weight is 302 g/mol. The Morgan fingerprint density at radius 2 is 2.09 bits per heavy atom. The second kappa shape index (κ2) is 5.83. The van der Waals surface area contributed by atoms with Crippen LogP contribution < -0.4 is 0 Å². The quantitative estimate of drug-likeness (QED) is 0.872. The third-order valence-corrected chi connectivity index (χ3v) is 4.14. The van der Waals surface area contributed by atoms with E-state index in [4.69, 9.17) is 0 Å². The summed E-state index contributed by atoms with van der Waals surface area (Å²) in [4.78, 5) is 18.0. The Kier molecular flexibility index (Phi) is 3.88. The largest absolute Gasteiger partial charge is 0.338 e. The van der Waals surface area contributed by atoms with E-state index in [0.29, 0.717) is 25.1 Å². The molecule has 1 aromatic carbocycles. The van der Waals surface area contributed by atoms with Crippen molar-refractivity contribution in [3.8, 4) is 0 Å². The number of halogens is 2. The van der Waals surface area contributed by atoms with Gasteiger partial charge in [0.05, 0.1) is 0 Å². The molecule has 1 saturated heterocycles. The minimum absolute atomic E-state index is 0.0259. The highest BCUT2D eigenvalue weighted by molar-refractivity contribution is 5.79. The zero-order valence-corrected chi connectivity index (χ0v) is 12.2. The van der Waals surface area contributed by atoms with Crippen molar-refractivity contribution in [1.29, 1.82) is 0 Å². The zero-order chi connectivity index (χ0) is 15.7. The SMILES string of the molecule is Cc1ccncc1CN1CC(c2ccc(F)c(F)c2)CC1=O. The Hall–Kier alpha value is -2.30. The van der Waals surface area contributed by atoms with Crippen LogP contribution in [0.3, 0.4) is 0 Å². The van der Waals surface area contributed by atoms with Gasteiger partial charge in [0.1, 0.15) is 0 Å². The second-order valence-corrected chi connectivity index (χ2v) is 5.65. The highest BCUT2D eigenvalue weighted by atomic mass is 19.2. The molecule has 5 heteroatoms. The zero-order valence-electron chi connectivity index (χ0n) is 12.2. The number of benzene rings is 1. The van der Waals surface area contributed by atoms with E-state index in [0.717, 1.165) is 17.2 Å². The van der Waals surface area contributed by atoms with Gasteiger partial charge in [0.2, 0.25) is 5.91 Å². The Bertz CT molecular complexity index is 718. The summed E-state index contributed by atoms with van der Waals surface area (Å²) in [6.45, 7) is 2.99. The predicted octanol–water partition coefficient (Wildman–Crippen LogP) is 3.18. The Morgan fingerprint density at radius 1 is 1.27 bits per heavy atom. The first-order chi connectivity index (χ1) is 10.5. The van der Waals surface area contributed by atoms with Crippen LogP contribution >= 0.6 is 0 Å². The van der Waals surface area contributed by atoms with Gasteiger partial charge in [0.25, 0.3) is 0 Å². The van der Waals surface area contributed by atoms with Gasteiger partial charge in [-0.2, -0.15) is 0 Å². The number of carbonyl (C=O) groups excluding carboxylic acids is 1. The lowest BCUT2D eigenvalue weighted by molar-refractivity contribution is -0.128. The third-order valence-electron chi connectivity index (χ3n) is 4.14. The van der Waals surface area contributed by atoms with Crippen LogP contribution in [-0.2, 0) is 11.3 Å².